The van der Waals surface area contributed by atoms with Crippen LogP contribution in [-0.2, 0) is 0 Å². The Morgan fingerprint density at radius 1 is 1.58 bits per heavy atom. The summed E-state index contributed by atoms with van der Waals surface area (Å²) in [5, 5.41) is 0.968. The van der Waals surface area contributed by atoms with Gasteiger partial charge < -0.3 is 4.98 Å². The van der Waals surface area contributed by atoms with Crippen molar-refractivity contribution in [1.82, 2.24) is 9.97 Å². The third-order valence-electron chi connectivity index (χ3n) is 1.78. The number of nitrogens with one attached hydrogen (secondary N) is 1. The van der Waals surface area contributed by atoms with Crippen LogP contribution >= 0.6 is 0 Å². The third-order valence-corrected chi connectivity index (χ3v) is 1.78. The largest absolute Gasteiger partial charge is 0.346 e. The topological polar surface area (TPSA) is 28.7 Å². The second-order valence-electron chi connectivity index (χ2n) is 2.50. The summed E-state index contributed by atoms with van der Waals surface area (Å²) < 4.78 is 12.0. The van der Waals surface area contributed by atoms with Gasteiger partial charge in [0.05, 0.1) is 6.67 Å². The number of H-pyrrole nitrogens is 1. The van der Waals surface area contributed by atoms with Crippen molar-refractivity contribution in [2.75, 3.05) is 6.67 Å². The average Bonchev–Trinajstić information content (AvgIpc) is 2.50. The molecule has 0 saturated carbocycles. The van der Waals surface area contributed by atoms with E-state index in [4.69, 9.17) is 0 Å². The molecule has 0 spiro atoms. The number of aromatic nitrogens is 2. The first-order valence-electron chi connectivity index (χ1n) is 3.73. The van der Waals surface area contributed by atoms with Crippen LogP contribution in [0.15, 0.2) is 24.5 Å². The van der Waals surface area contributed by atoms with Crippen LogP contribution in [0, 0.1) is 6.42 Å². The molecule has 2 heterocycles. The molecule has 0 aromatic carbocycles. The monoisotopic (exact) mass is 163 g/mol. The van der Waals surface area contributed by atoms with Gasteiger partial charge in [-0.15, -0.1) is 0 Å². The number of pyridine rings is 1. The lowest BCUT2D eigenvalue weighted by Gasteiger charge is -1.91. The molecule has 61 valence electrons. The first kappa shape index (κ1) is 7.28. The molecule has 0 atom stereocenters. The number of aromatic amines is 1. The van der Waals surface area contributed by atoms with Gasteiger partial charge in [-0.3, -0.25) is 4.39 Å². The fourth-order valence-corrected chi connectivity index (χ4v) is 1.23. The molecule has 0 bridgehead atoms. The zero-order valence-electron chi connectivity index (χ0n) is 6.42. The van der Waals surface area contributed by atoms with Crippen LogP contribution in [0.1, 0.15) is 5.56 Å². The zero-order valence-corrected chi connectivity index (χ0v) is 6.42. The van der Waals surface area contributed by atoms with Gasteiger partial charge in [0.15, 0.2) is 0 Å². The molecule has 2 aromatic heterocycles. The highest BCUT2D eigenvalue weighted by Gasteiger charge is 2.02. The van der Waals surface area contributed by atoms with Crippen LogP contribution in [0.4, 0.5) is 4.39 Å². The molecule has 0 unspecified atom stereocenters. The second-order valence-corrected chi connectivity index (χ2v) is 2.50. The summed E-state index contributed by atoms with van der Waals surface area (Å²) in [6.07, 6.45) is 5.00. The SMILES string of the molecule is FC[CH]c1c[nH]c2ncccc12. The van der Waals surface area contributed by atoms with Gasteiger partial charge in [-0.1, -0.05) is 0 Å². The van der Waals surface area contributed by atoms with Gasteiger partial charge in [0.1, 0.15) is 5.65 Å². The minimum Gasteiger partial charge on any atom is -0.346 e. The minimum atomic E-state index is -0.443. The Morgan fingerprint density at radius 3 is 3.33 bits per heavy atom. The van der Waals surface area contributed by atoms with Gasteiger partial charge in [-0.25, -0.2) is 4.98 Å². The number of nitrogens with zero attached hydrogens (tertiary/aromatic N) is 1. The maximum Gasteiger partial charge on any atom is 0.137 e. The number of hydrogen-bond acceptors (Lipinski definition) is 1. The quantitative estimate of drug-likeness (QED) is 0.721. The second kappa shape index (κ2) is 2.93. The van der Waals surface area contributed by atoms with Crippen LogP contribution in [0.25, 0.3) is 11.0 Å². The van der Waals surface area contributed by atoms with Gasteiger partial charge in [0.25, 0.3) is 0 Å². The van der Waals surface area contributed by atoms with E-state index in [-0.39, 0.29) is 0 Å². The molecule has 0 amide bonds. The van der Waals surface area contributed by atoms with Crippen LogP contribution < -0.4 is 0 Å². The van der Waals surface area contributed by atoms with E-state index in [9.17, 15) is 4.39 Å². The maximum absolute atomic E-state index is 12.0. The Balaban J connectivity index is 2.55. The number of alkyl halides is 1. The molecule has 3 heteroatoms. The molecule has 0 saturated heterocycles. The summed E-state index contributed by atoms with van der Waals surface area (Å²) in [5.41, 5.74) is 1.68. The molecule has 0 aliphatic carbocycles. The summed E-state index contributed by atoms with van der Waals surface area (Å²) in [5.74, 6) is 0. The molecule has 2 nitrogen and oxygen atoms in total. The molecule has 1 N–H and O–H groups in total. The fraction of sp³-hybridized carbons (Fsp3) is 0.111. The van der Waals surface area contributed by atoms with Crippen molar-refractivity contribution in [2.45, 2.75) is 0 Å². The Kier molecular flexibility index (Phi) is 1.78. The Hall–Kier alpha value is -1.38. The predicted octanol–water partition coefficient (Wildman–Crippen LogP) is 2.08. The van der Waals surface area contributed by atoms with Gasteiger partial charge in [0.2, 0.25) is 0 Å². The molecule has 0 aliphatic heterocycles. The predicted molar refractivity (Wildman–Crippen MR) is 45.5 cm³/mol. The fourth-order valence-electron chi connectivity index (χ4n) is 1.23. The van der Waals surface area contributed by atoms with Crippen LogP contribution in [0.5, 0.6) is 0 Å². The van der Waals surface area contributed by atoms with E-state index >= 15 is 0 Å². The third kappa shape index (κ3) is 1.07. The first-order chi connectivity index (χ1) is 5.92. The summed E-state index contributed by atoms with van der Waals surface area (Å²) in [4.78, 5) is 7.05. The summed E-state index contributed by atoms with van der Waals surface area (Å²) in [6, 6.07) is 3.76. The van der Waals surface area contributed by atoms with Crippen molar-refractivity contribution in [3.8, 4) is 0 Å². The molecule has 1 radical (unpaired) electrons. The highest BCUT2D eigenvalue weighted by molar-refractivity contribution is 5.80. The van der Waals surface area contributed by atoms with E-state index in [2.05, 4.69) is 9.97 Å². The smallest absolute Gasteiger partial charge is 0.137 e. The molecule has 0 aliphatic rings. The van der Waals surface area contributed by atoms with Gasteiger partial charge in [-0.2, -0.15) is 0 Å². The van der Waals surface area contributed by atoms with Crippen LogP contribution in [-0.4, -0.2) is 16.6 Å². The summed E-state index contributed by atoms with van der Waals surface area (Å²) in [7, 11) is 0. The lowest BCUT2D eigenvalue weighted by molar-refractivity contribution is 0.545. The minimum absolute atomic E-state index is 0.443. The maximum atomic E-state index is 12.0. The van der Waals surface area contributed by atoms with Crippen molar-refractivity contribution in [3.05, 3.63) is 36.5 Å². The van der Waals surface area contributed by atoms with E-state index in [1.807, 2.05) is 12.1 Å². The molecule has 2 aromatic rings. The van der Waals surface area contributed by atoms with E-state index in [1.165, 1.54) is 6.42 Å². The molecular weight excluding hydrogens is 155 g/mol. The molecule has 12 heavy (non-hydrogen) atoms. The van der Waals surface area contributed by atoms with Crippen LogP contribution in [0.2, 0.25) is 0 Å². The zero-order chi connectivity index (χ0) is 8.39. The van der Waals surface area contributed by atoms with E-state index in [0.717, 1.165) is 16.6 Å². The van der Waals surface area contributed by atoms with Crippen molar-refractivity contribution < 1.29 is 4.39 Å². The van der Waals surface area contributed by atoms with Crippen molar-refractivity contribution in [2.24, 2.45) is 0 Å². The van der Waals surface area contributed by atoms with Gasteiger partial charge >= 0.3 is 0 Å². The highest BCUT2D eigenvalue weighted by Crippen LogP contribution is 2.16. The summed E-state index contributed by atoms with van der Waals surface area (Å²) >= 11 is 0. The Morgan fingerprint density at radius 2 is 2.50 bits per heavy atom. The normalized spacial score (nSPS) is 10.8. The average molecular weight is 163 g/mol. The van der Waals surface area contributed by atoms with E-state index in [0.29, 0.717) is 0 Å². The van der Waals surface area contributed by atoms with E-state index in [1.54, 1.807) is 12.4 Å². The first-order valence-corrected chi connectivity index (χ1v) is 3.73. The van der Waals surface area contributed by atoms with E-state index < -0.39 is 6.67 Å². The van der Waals surface area contributed by atoms with Crippen molar-refractivity contribution in [1.29, 1.82) is 0 Å². The highest BCUT2D eigenvalue weighted by atomic mass is 19.1. The number of fused-ring (bicyclic) bond motifs is 1. The summed E-state index contributed by atoms with van der Waals surface area (Å²) in [6.45, 7) is -0.443. The standard InChI is InChI=1S/C9H8FN2/c10-4-3-7-6-12-9-8(7)2-1-5-11-9/h1-3,5-6H,4H2,(H,11,12). The molecule has 0 fully saturated rings. The van der Waals surface area contributed by atoms with Crippen molar-refractivity contribution in [3.63, 3.8) is 0 Å². The number of halogens is 1. The van der Waals surface area contributed by atoms with Crippen molar-refractivity contribution >= 4 is 11.0 Å². The number of hydrogen-bond donors (Lipinski definition) is 1. The number of rotatable bonds is 2. The lowest BCUT2D eigenvalue weighted by atomic mass is 10.2. The Bertz CT molecular complexity index is 381. The van der Waals surface area contributed by atoms with Gasteiger partial charge in [0, 0.05) is 24.2 Å². The molecular formula is C9H8FN2. The lowest BCUT2D eigenvalue weighted by Crippen LogP contribution is -1.80. The van der Waals surface area contributed by atoms with Crippen LogP contribution in [0.3, 0.4) is 0 Å². The molecule has 2 rings (SSSR count). The Labute approximate surface area is 69.4 Å². The van der Waals surface area contributed by atoms with Gasteiger partial charge in [-0.05, 0) is 17.7 Å².